The van der Waals surface area contributed by atoms with Crippen LogP contribution >= 0.6 is 0 Å². The number of hydrogen-bond acceptors (Lipinski definition) is 3. The number of aryl methyl sites for hydroxylation is 2. The largest absolute Gasteiger partial charge is 0.384 e. The van der Waals surface area contributed by atoms with Crippen LogP contribution in [0.2, 0.25) is 0 Å². The van der Waals surface area contributed by atoms with Gasteiger partial charge in [-0.05, 0) is 31.0 Å². The third-order valence-corrected chi connectivity index (χ3v) is 2.51. The van der Waals surface area contributed by atoms with Gasteiger partial charge < -0.3 is 5.73 Å². The number of nitrogens with zero attached hydrogens (tertiary/aromatic N) is 2. The molecule has 15 heavy (non-hydrogen) atoms. The van der Waals surface area contributed by atoms with Crippen LogP contribution in [0.5, 0.6) is 0 Å². The molecule has 1 heterocycles. The van der Waals surface area contributed by atoms with Gasteiger partial charge in [-0.3, -0.25) is 0 Å². The summed E-state index contributed by atoms with van der Waals surface area (Å²) in [7, 11) is 0. The van der Waals surface area contributed by atoms with Crippen LogP contribution in [0.4, 0.5) is 5.82 Å². The number of rotatable bonds is 0. The molecule has 2 N–H and O–H groups in total. The summed E-state index contributed by atoms with van der Waals surface area (Å²) >= 11 is 0. The lowest BCUT2D eigenvalue weighted by Gasteiger charge is -2.07. The number of hydrogen-bond donors (Lipinski definition) is 1. The zero-order valence-electron chi connectivity index (χ0n) is 8.70. The smallest absolute Gasteiger partial charge is 0.125 e. The molecule has 0 saturated heterocycles. The van der Waals surface area contributed by atoms with Crippen molar-refractivity contribution in [3.05, 3.63) is 34.9 Å². The van der Waals surface area contributed by atoms with Crippen LogP contribution in [0.25, 0.3) is 10.9 Å². The summed E-state index contributed by atoms with van der Waals surface area (Å²) in [6.07, 6.45) is 0. The highest BCUT2D eigenvalue weighted by atomic mass is 14.8. The van der Waals surface area contributed by atoms with Gasteiger partial charge in [0.25, 0.3) is 0 Å². The number of pyridine rings is 1. The van der Waals surface area contributed by atoms with Crippen molar-refractivity contribution in [1.29, 1.82) is 5.26 Å². The summed E-state index contributed by atoms with van der Waals surface area (Å²) in [5, 5.41) is 9.95. The molecule has 2 aromatic rings. The second kappa shape index (κ2) is 3.25. The van der Waals surface area contributed by atoms with Gasteiger partial charge in [0.1, 0.15) is 5.82 Å². The van der Waals surface area contributed by atoms with Gasteiger partial charge in [-0.25, -0.2) is 4.98 Å². The molecule has 3 heteroatoms. The molecule has 0 radical (unpaired) electrons. The molecule has 0 spiro atoms. The minimum atomic E-state index is 0.396. The number of aromatic nitrogens is 1. The first kappa shape index (κ1) is 9.47. The van der Waals surface area contributed by atoms with Crippen molar-refractivity contribution in [2.24, 2.45) is 0 Å². The van der Waals surface area contributed by atoms with E-state index in [1.165, 1.54) is 0 Å². The standard InChI is InChI=1S/C12H11N3/c1-7-3-4-8(2)12-11(7)9(6-13)5-10(14)15-12/h3-5H,1-2H3,(H2,14,15). The van der Waals surface area contributed by atoms with Crippen LogP contribution in [0.3, 0.4) is 0 Å². The molecular formula is C12H11N3. The number of nitriles is 1. The summed E-state index contributed by atoms with van der Waals surface area (Å²) in [6, 6.07) is 7.77. The van der Waals surface area contributed by atoms with Gasteiger partial charge in [0, 0.05) is 5.39 Å². The molecule has 1 aromatic heterocycles. The van der Waals surface area contributed by atoms with Crippen LogP contribution in [0.15, 0.2) is 18.2 Å². The maximum absolute atomic E-state index is 9.04. The van der Waals surface area contributed by atoms with E-state index in [0.29, 0.717) is 11.4 Å². The minimum Gasteiger partial charge on any atom is -0.384 e. The van der Waals surface area contributed by atoms with E-state index in [1.54, 1.807) is 6.07 Å². The summed E-state index contributed by atoms with van der Waals surface area (Å²) < 4.78 is 0. The Bertz CT molecular complexity index is 579. The molecule has 0 aliphatic carbocycles. The summed E-state index contributed by atoms with van der Waals surface area (Å²) in [5.41, 5.74) is 9.17. The van der Waals surface area contributed by atoms with Gasteiger partial charge >= 0.3 is 0 Å². The molecule has 3 nitrogen and oxygen atoms in total. The molecule has 74 valence electrons. The van der Waals surface area contributed by atoms with E-state index in [2.05, 4.69) is 11.1 Å². The molecule has 0 aliphatic rings. The Morgan fingerprint density at radius 3 is 2.60 bits per heavy atom. The van der Waals surface area contributed by atoms with E-state index < -0.39 is 0 Å². The number of benzene rings is 1. The molecular weight excluding hydrogens is 186 g/mol. The second-order valence-corrected chi connectivity index (χ2v) is 3.63. The molecule has 0 fully saturated rings. The molecule has 0 aliphatic heterocycles. The quantitative estimate of drug-likeness (QED) is 0.704. The van der Waals surface area contributed by atoms with Gasteiger partial charge in [-0.1, -0.05) is 12.1 Å². The predicted octanol–water partition coefficient (Wildman–Crippen LogP) is 2.31. The van der Waals surface area contributed by atoms with Crippen LogP contribution in [-0.2, 0) is 0 Å². The fraction of sp³-hybridized carbons (Fsp3) is 0.167. The zero-order valence-corrected chi connectivity index (χ0v) is 8.70. The number of nitrogen functional groups attached to an aromatic ring is 1. The van der Waals surface area contributed by atoms with Crippen molar-refractivity contribution in [3.8, 4) is 6.07 Å². The van der Waals surface area contributed by atoms with Crippen molar-refractivity contribution in [3.63, 3.8) is 0 Å². The Hall–Kier alpha value is -2.08. The number of nitrogens with two attached hydrogens (primary N) is 1. The maximum atomic E-state index is 9.04. The Balaban J connectivity index is 3.03. The third-order valence-electron chi connectivity index (χ3n) is 2.51. The lowest BCUT2D eigenvalue weighted by atomic mass is 10.0. The third kappa shape index (κ3) is 1.40. The highest BCUT2D eigenvalue weighted by molar-refractivity contribution is 5.91. The second-order valence-electron chi connectivity index (χ2n) is 3.63. The van der Waals surface area contributed by atoms with E-state index >= 15 is 0 Å². The lowest BCUT2D eigenvalue weighted by Crippen LogP contribution is -1.96. The van der Waals surface area contributed by atoms with Crippen LogP contribution in [0, 0.1) is 25.2 Å². The topological polar surface area (TPSA) is 62.7 Å². The highest BCUT2D eigenvalue weighted by Crippen LogP contribution is 2.25. The highest BCUT2D eigenvalue weighted by Gasteiger charge is 2.08. The normalized spacial score (nSPS) is 10.2. The van der Waals surface area contributed by atoms with Gasteiger partial charge in [0.05, 0.1) is 17.1 Å². The van der Waals surface area contributed by atoms with Crippen LogP contribution in [0.1, 0.15) is 16.7 Å². The first-order valence-corrected chi connectivity index (χ1v) is 4.70. The predicted molar refractivity (Wildman–Crippen MR) is 60.3 cm³/mol. The first-order chi connectivity index (χ1) is 7.13. The Kier molecular flexibility index (Phi) is 2.05. The molecule has 2 rings (SSSR count). The molecule has 0 amide bonds. The van der Waals surface area contributed by atoms with E-state index in [-0.39, 0.29) is 0 Å². The fourth-order valence-corrected chi connectivity index (χ4v) is 1.75. The molecule has 0 bridgehead atoms. The summed E-state index contributed by atoms with van der Waals surface area (Å²) in [6.45, 7) is 3.94. The molecule has 1 aromatic carbocycles. The molecule has 0 saturated carbocycles. The molecule has 0 atom stereocenters. The molecule has 0 unspecified atom stereocenters. The van der Waals surface area contributed by atoms with Gasteiger partial charge in [0.2, 0.25) is 0 Å². The average molecular weight is 197 g/mol. The number of anilines is 1. The van der Waals surface area contributed by atoms with E-state index in [1.807, 2.05) is 26.0 Å². The van der Waals surface area contributed by atoms with Crippen LogP contribution < -0.4 is 5.73 Å². The van der Waals surface area contributed by atoms with Gasteiger partial charge in [-0.2, -0.15) is 5.26 Å². The van der Waals surface area contributed by atoms with Gasteiger partial charge in [-0.15, -0.1) is 0 Å². The monoisotopic (exact) mass is 197 g/mol. The van der Waals surface area contributed by atoms with E-state index in [0.717, 1.165) is 22.0 Å². The fourth-order valence-electron chi connectivity index (χ4n) is 1.75. The lowest BCUT2D eigenvalue weighted by molar-refractivity contribution is 1.34. The van der Waals surface area contributed by atoms with Gasteiger partial charge in [0.15, 0.2) is 0 Å². The SMILES string of the molecule is Cc1ccc(C)c2c(C#N)cc(N)nc12. The average Bonchev–Trinajstić information content (AvgIpc) is 2.22. The summed E-state index contributed by atoms with van der Waals surface area (Å²) in [4.78, 5) is 4.27. The Labute approximate surface area is 88.2 Å². The summed E-state index contributed by atoms with van der Waals surface area (Å²) in [5.74, 6) is 0.396. The maximum Gasteiger partial charge on any atom is 0.125 e. The van der Waals surface area contributed by atoms with Crippen LogP contribution in [-0.4, -0.2) is 4.98 Å². The van der Waals surface area contributed by atoms with Crippen molar-refractivity contribution >= 4 is 16.7 Å². The zero-order chi connectivity index (χ0) is 11.0. The Morgan fingerprint density at radius 1 is 1.27 bits per heavy atom. The Morgan fingerprint density at radius 2 is 1.93 bits per heavy atom. The van der Waals surface area contributed by atoms with E-state index in [4.69, 9.17) is 11.0 Å². The van der Waals surface area contributed by atoms with Crippen molar-refractivity contribution < 1.29 is 0 Å². The van der Waals surface area contributed by atoms with E-state index in [9.17, 15) is 0 Å². The van der Waals surface area contributed by atoms with Crippen molar-refractivity contribution in [2.45, 2.75) is 13.8 Å². The minimum absolute atomic E-state index is 0.396. The number of fused-ring (bicyclic) bond motifs is 1. The first-order valence-electron chi connectivity index (χ1n) is 4.70. The van der Waals surface area contributed by atoms with Crippen molar-refractivity contribution in [2.75, 3.05) is 5.73 Å². The van der Waals surface area contributed by atoms with Crippen molar-refractivity contribution in [1.82, 2.24) is 4.98 Å².